The highest BCUT2D eigenvalue weighted by atomic mass is 16.6. The Morgan fingerprint density at radius 3 is 2.25 bits per heavy atom. The van der Waals surface area contributed by atoms with E-state index in [0.29, 0.717) is 5.56 Å². The first-order valence-electron chi connectivity index (χ1n) is 5.73. The molecule has 0 bridgehead atoms. The zero-order valence-electron chi connectivity index (χ0n) is 10.7. The van der Waals surface area contributed by atoms with E-state index in [1.54, 1.807) is 31.4 Å². The van der Waals surface area contributed by atoms with E-state index >= 15 is 0 Å². The van der Waals surface area contributed by atoms with Crippen LogP contribution < -0.4 is 4.74 Å². The van der Waals surface area contributed by atoms with Crippen molar-refractivity contribution in [2.24, 2.45) is 0 Å². The summed E-state index contributed by atoms with van der Waals surface area (Å²) in [5.41, 5.74) is 0.951. The van der Waals surface area contributed by atoms with Gasteiger partial charge in [0.1, 0.15) is 5.75 Å². The third-order valence-electron chi connectivity index (χ3n) is 2.61. The van der Waals surface area contributed by atoms with E-state index in [1.165, 1.54) is 18.2 Å². The normalized spacial score (nSPS) is 9.45. The number of methoxy groups -OCH3 is 1. The van der Waals surface area contributed by atoms with Crippen LogP contribution in [0.3, 0.4) is 0 Å². The van der Waals surface area contributed by atoms with Crippen LogP contribution in [0.1, 0.15) is 11.1 Å². The number of hydrogen-bond donors (Lipinski definition) is 1. The quantitative estimate of drug-likeness (QED) is 0.517. The maximum absolute atomic E-state index is 10.6. The maximum atomic E-state index is 10.6. The average Bonchev–Trinajstić information content (AvgIpc) is 2.45. The Morgan fingerprint density at radius 2 is 1.70 bits per heavy atom. The van der Waals surface area contributed by atoms with Gasteiger partial charge in [0.05, 0.1) is 12.0 Å². The summed E-state index contributed by atoms with van der Waals surface area (Å²) in [6, 6.07) is 11.2. The number of phenols is 1. The van der Waals surface area contributed by atoms with Gasteiger partial charge in [0.25, 0.3) is 0 Å². The molecular weight excluding hydrogens is 258 g/mol. The third-order valence-corrected chi connectivity index (χ3v) is 2.61. The predicted octanol–water partition coefficient (Wildman–Crippen LogP) is 2.71. The van der Waals surface area contributed by atoms with Crippen LogP contribution in [0.15, 0.2) is 42.5 Å². The van der Waals surface area contributed by atoms with Crippen molar-refractivity contribution in [2.45, 2.75) is 0 Å². The van der Waals surface area contributed by atoms with E-state index in [9.17, 15) is 15.2 Å². The van der Waals surface area contributed by atoms with Gasteiger partial charge in [-0.05, 0) is 30.3 Å². The molecule has 0 spiro atoms. The Bertz CT molecular complexity index is 696. The highest BCUT2D eigenvalue weighted by Gasteiger charge is 2.11. The summed E-state index contributed by atoms with van der Waals surface area (Å²) in [7, 11) is 1.58. The number of rotatable bonds is 2. The van der Waals surface area contributed by atoms with Gasteiger partial charge in [-0.1, -0.05) is 11.8 Å². The summed E-state index contributed by atoms with van der Waals surface area (Å²) < 4.78 is 5.04. The molecule has 2 aromatic carbocycles. The van der Waals surface area contributed by atoms with Crippen molar-refractivity contribution >= 4 is 5.69 Å². The monoisotopic (exact) mass is 269 g/mol. The number of benzene rings is 2. The molecule has 0 aliphatic rings. The summed E-state index contributed by atoms with van der Waals surface area (Å²) >= 11 is 0. The molecule has 0 aliphatic carbocycles. The Hall–Kier alpha value is -3.00. The maximum Gasteiger partial charge on any atom is 0.310 e. The van der Waals surface area contributed by atoms with Crippen LogP contribution in [-0.4, -0.2) is 17.1 Å². The molecule has 0 amide bonds. The molecule has 0 saturated heterocycles. The first-order chi connectivity index (χ1) is 9.60. The van der Waals surface area contributed by atoms with Crippen molar-refractivity contribution < 1.29 is 14.8 Å². The highest BCUT2D eigenvalue weighted by Crippen LogP contribution is 2.25. The zero-order chi connectivity index (χ0) is 14.5. The lowest BCUT2D eigenvalue weighted by Gasteiger charge is -1.98. The third kappa shape index (κ3) is 3.06. The molecule has 2 aromatic rings. The Balaban J connectivity index is 2.24. The van der Waals surface area contributed by atoms with E-state index < -0.39 is 10.7 Å². The van der Waals surface area contributed by atoms with Crippen molar-refractivity contribution in [3.63, 3.8) is 0 Å². The molecule has 0 saturated carbocycles. The van der Waals surface area contributed by atoms with Gasteiger partial charge in [0, 0.05) is 23.3 Å². The van der Waals surface area contributed by atoms with Crippen LogP contribution in [0.2, 0.25) is 0 Å². The second-order valence-corrected chi connectivity index (χ2v) is 3.94. The topological polar surface area (TPSA) is 72.6 Å². The first-order valence-corrected chi connectivity index (χ1v) is 5.73. The summed E-state index contributed by atoms with van der Waals surface area (Å²) in [6.07, 6.45) is 0. The number of ether oxygens (including phenoxy) is 1. The second-order valence-electron chi connectivity index (χ2n) is 3.94. The van der Waals surface area contributed by atoms with E-state index in [0.717, 1.165) is 11.3 Å². The smallest absolute Gasteiger partial charge is 0.310 e. The molecule has 0 atom stereocenters. The molecule has 1 N–H and O–H groups in total. The van der Waals surface area contributed by atoms with Crippen LogP contribution in [0.25, 0.3) is 0 Å². The minimum absolute atomic E-state index is 0.333. The molecule has 20 heavy (non-hydrogen) atoms. The molecule has 2 rings (SSSR count). The number of nitrogens with zero attached hydrogens (tertiary/aromatic N) is 1. The van der Waals surface area contributed by atoms with Crippen LogP contribution in [0, 0.1) is 22.0 Å². The molecule has 100 valence electrons. The van der Waals surface area contributed by atoms with Crippen molar-refractivity contribution in [1.82, 2.24) is 0 Å². The lowest BCUT2D eigenvalue weighted by Crippen LogP contribution is -1.88. The van der Waals surface area contributed by atoms with Gasteiger partial charge in [-0.2, -0.15) is 0 Å². The molecule has 5 heteroatoms. The number of phenolic OH excluding ortho intramolecular Hbond substituents is 1. The van der Waals surface area contributed by atoms with E-state index in [-0.39, 0.29) is 5.69 Å². The van der Waals surface area contributed by atoms with Crippen LogP contribution in [0.5, 0.6) is 11.5 Å². The molecule has 0 aromatic heterocycles. The van der Waals surface area contributed by atoms with Gasteiger partial charge in [-0.15, -0.1) is 0 Å². The van der Waals surface area contributed by atoms with Gasteiger partial charge in [0.2, 0.25) is 0 Å². The van der Waals surface area contributed by atoms with E-state index in [1.807, 2.05) is 0 Å². The van der Waals surface area contributed by atoms with Crippen LogP contribution >= 0.6 is 0 Å². The average molecular weight is 269 g/mol. The number of nitro groups is 1. The SMILES string of the molecule is COc1ccc(C#Cc2ccc([N+](=O)[O-])c(O)c2)cc1. The van der Waals surface area contributed by atoms with Crippen LogP contribution in [-0.2, 0) is 0 Å². The van der Waals surface area contributed by atoms with Crippen molar-refractivity contribution in [3.8, 4) is 23.3 Å². The Morgan fingerprint density at radius 1 is 1.10 bits per heavy atom. The lowest BCUT2D eigenvalue weighted by molar-refractivity contribution is -0.385. The van der Waals surface area contributed by atoms with E-state index in [4.69, 9.17) is 4.74 Å². The van der Waals surface area contributed by atoms with Gasteiger partial charge in [-0.25, -0.2) is 0 Å². The molecule has 0 fully saturated rings. The number of nitro benzene ring substituents is 1. The molecule has 5 nitrogen and oxygen atoms in total. The van der Waals surface area contributed by atoms with Gasteiger partial charge >= 0.3 is 5.69 Å². The minimum Gasteiger partial charge on any atom is -0.502 e. The largest absolute Gasteiger partial charge is 0.502 e. The second kappa shape index (κ2) is 5.76. The van der Waals surface area contributed by atoms with Crippen molar-refractivity contribution in [3.05, 3.63) is 63.7 Å². The van der Waals surface area contributed by atoms with Crippen LogP contribution in [0.4, 0.5) is 5.69 Å². The van der Waals surface area contributed by atoms with Crippen molar-refractivity contribution in [1.29, 1.82) is 0 Å². The molecular formula is C15H11NO4. The fourth-order valence-electron chi connectivity index (χ4n) is 1.57. The van der Waals surface area contributed by atoms with Crippen molar-refractivity contribution in [2.75, 3.05) is 7.11 Å². The summed E-state index contributed by atoms with van der Waals surface area (Å²) in [6.45, 7) is 0. The summed E-state index contributed by atoms with van der Waals surface area (Å²) in [5, 5.41) is 20.1. The standard InChI is InChI=1S/C15H11NO4/c1-20-13-7-4-11(5-8-13)2-3-12-6-9-14(16(18)19)15(17)10-12/h4-10,17H,1H3. The lowest BCUT2D eigenvalue weighted by atomic mass is 10.1. The Labute approximate surface area is 115 Å². The Kier molecular flexibility index (Phi) is 3.87. The zero-order valence-corrected chi connectivity index (χ0v) is 10.7. The minimum atomic E-state index is -0.643. The molecule has 0 unspecified atom stereocenters. The highest BCUT2D eigenvalue weighted by molar-refractivity contribution is 5.53. The fraction of sp³-hybridized carbons (Fsp3) is 0.0667. The van der Waals surface area contributed by atoms with Gasteiger partial charge < -0.3 is 9.84 Å². The first kappa shape index (κ1) is 13.4. The molecule has 0 aliphatic heterocycles. The number of hydrogen-bond acceptors (Lipinski definition) is 4. The van der Waals surface area contributed by atoms with E-state index in [2.05, 4.69) is 11.8 Å². The van der Waals surface area contributed by atoms with Gasteiger partial charge in [-0.3, -0.25) is 10.1 Å². The molecule has 0 radical (unpaired) electrons. The fourth-order valence-corrected chi connectivity index (χ4v) is 1.57. The predicted molar refractivity (Wildman–Crippen MR) is 73.7 cm³/mol. The van der Waals surface area contributed by atoms with Gasteiger partial charge in [0.15, 0.2) is 5.75 Å². The summed E-state index contributed by atoms with van der Waals surface area (Å²) in [4.78, 5) is 9.93. The summed E-state index contributed by atoms with van der Waals surface area (Å²) in [5.74, 6) is 6.08. The number of aromatic hydroxyl groups is 1. The molecule has 0 heterocycles.